The molecule has 1 amide bonds. The van der Waals surface area contributed by atoms with Gasteiger partial charge in [0.2, 0.25) is 0 Å². The number of nitrogens with zero attached hydrogens (tertiary/aromatic N) is 2. The summed E-state index contributed by atoms with van der Waals surface area (Å²) in [6.45, 7) is 5.67. The number of aromatic nitrogens is 1. The number of amides is 1. The molecule has 0 radical (unpaired) electrons. The van der Waals surface area contributed by atoms with Crippen LogP contribution in [0.25, 0.3) is 10.9 Å². The lowest BCUT2D eigenvalue weighted by Crippen LogP contribution is -2.34. The van der Waals surface area contributed by atoms with Gasteiger partial charge in [-0.2, -0.15) is 0 Å². The summed E-state index contributed by atoms with van der Waals surface area (Å²) < 4.78 is 5.83. The highest BCUT2D eigenvalue weighted by atomic mass is 16.5. The molecule has 3 aromatic rings. The quantitative estimate of drug-likeness (QED) is 0.589. The summed E-state index contributed by atoms with van der Waals surface area (Å²) in [5.74, 6) is 1.92. The van der Waals surface area contributed by atoms with Crippen LogP contribution in [0.15, 0.2) is 54.6 Å². The first-order chi connectivity index (χ1) is 15.0. The number of para-hydroxylation sites is 1. The van der Waals surface area contributed by atoms with Gasteiger partial charge in [-0.25, -0.2) is 4.98 Å². The second-order valence-corrected chi connectivity index (χ2v) is 8.16. The van der Waals surface area contributed by atoms with Gasteiger partial charge in [-0.1, -0.05) is 19.1 Å². The average molecular weight is 418 g/mol. The van der Waals surface area contributed by atoms with Gasteiger partial charge in [0.05, 0.1) is 0 Å². The Morgan fingerprint density at radius 2 is 1.94 bits per heavy atom. The molecule has 0 spiro atoms. The fraction of sp³-hybridized carbons (Fsp3) is 0.320. The molecule has 4 rings (SSSR count). The fourth-order valence-corrected chi connectivity index (χ4v) is 3.93. The van der Waals surface area contributed by atoms with Gasteiger partial charge in [-0.05, 0) is 68.1 Å². The first-order valence-corrected chi connectivity index (χ1v) is 10.7. The lowest BCUT2D eigenvalue weighted by Gasteiger charge is -2.32. The second-order valence-electron chi connectivity index (χ2n) is 8.16. The number of fused-ring (bicyclic) bond motifs is 1. The number of piperidine rings is 1. The largest absolute Gasteiger partial charge is 0.481 e. The molecule has 31 heavy (non-hydrogen) atoms. The van der Waals surface area contributed by atoms with Crippen molar-refractivity contribution in [2.75, 3.05) is 29.9 Å². The van der Waals surface area contributed by atoms with E-state index in [-0.39, 0.29) is 18.3 Å². The van der Waals surface area contributed by atoms with Crippen LogP contribution in [-0.4, -0.2) is 36.4 Å². The molecule has 1 saturated heterocycles. The Labute approximate surface area is 182 Å². The molecule has 2 heterocycles. The Bertz CT molecular complexity index is 1090. The van der Waals surface area contributed by atoms with E-state index in [1.807, 2.05) is 18.2 Å². The van der Waals surface area contributed by atoms with Crippen LogP contribution in [0.4, 0.5) is 11.5 Å². The number of ether oxygens (including phenoxy) is 1. The molecule has 6 nitrogen and oxygen atoms in total. The number of Topliss-reactive ketones (excluding diaryl/α,β-unsaturated/α-hetero) is 1. The van der Waals surface area contributed by atoms with Gasteiger partial charge < -0.3 is 15.0 Å². The zero-order chi connectivity index (χ0) is 21.8. The third-order valence-electron chi connectivity index (χ3n) is 5.58. The van der Waals surface area contributed by atoms with Crippen molar-refractivity contribution in [3.63, 3.8) is 0 Å². The number of anilines is 2. The summed E-state index contributed by atoms with van der Waals surface area (Å²) in [5.41, 5.74) is 1.99. The van der Waals surface area contributed by atoms with E-state index in [2.05, 4.69) is 29.3 Å². The predicted octanol–water partition coefficient (Wildman–Crippen LogP) is 4.69. The van der Waals surface area contributed by atoms with Crippen molar-refractivity contribution in [2.45, 2.75) is 26.7 Å². The van der Waals surface area contributed by atoms with Crippen LogP contribution in [0.2, 0.25) is 0 Å². The van der Waals surface area contributed by atoms with Crippen LogP contribution < -0.4 is 15.0 Å². The Morgan fingerprint density at radius 3 is 2.68 bits per heavy atom. The van der Waals surface area contributed by atoms with Crippen LogP contribution >= 0.6 is 0 Å². The number of benzene rings is 2. The van der Waals surface area contributed by atoms with Crippen LogP contribution in [0.1, 0.15) is 37.0 Å². The summed E-state index contributed by atoms with van der Waals surface area (Å²) in [5, 5.41) is 3.77. The zero-order valence-electron chi connectivity index (χ0n) is 17.9. The lowest BCUT2D eigenvalue weighted by atomic mass is 10.0. The second kappa shape index (κ2) is 9.16. The molecular formula is C25H27N3O3. The first kappa shape index (κ1) is 20.8. The van der Waals surface area contributed by atoms with Gasteiger partial charge in [0.15, 0.2) is 12.4 Å². The number of ketones is 1. The van der Waals surface area contributed by atoms with E-state index < -0.39 is 0 Å². The summed E-state index contributed by atoms with van der Waals surface area (Å²) >= 11 is 0. The molecule has 0 aliphatic carbocycles. The van der Waals surface area contributed by atoms with Crippen molar-refractivity contribution in [2.24, 2.45) is 5.92 Å². The Hall–Kier alpha value is -3.41. The number of pyridine rings is 1. The van der Waals surface area contributed by atoms with Crippen LogP contribution in [0.3, 0.4) is 0 Å². The van der Waals surface area contributed by atoms with Gasteiger partial charge in [-0.15, -0.1) is 0 Å². The van der Waals surface area contributed by atoms with Crippen molar-refractivity contribution < 1.29 is 14.3 Å². The number of carbonyl (C=O) groups is 2. The van der Waals surface area contributed by atoms with Gasteiger partial charge in [0.25, 0.3) is 5.91 Å². The van der Waals surface area contributed by atoms with Crippen LogP contribution in [0.5, 0.6) is 5.75 Å². The molecule has 6 heteroatoms. The van der Waals surface area contributed by atoms with E-state index in [0.717, 1.165) is 29.8 Å². The molecule has 160 valence electrons. The van der Waals surface area contributed by atoms with E-state index in [1.165, 1.54) is 19.8 Å². The Morgan fingerprint density at radius 1 is 1.13 bits per heavy atom. The molecule has 1 N–H and O–H groups in total. The highest BCUT2D eigenvalue weighted by Gasteiger charge is 2.18. The van der Waals surface area contributed by atoms with E-state index in [1.54, 1.807) is 24.3 Å². The minimum absolute atomic E-state index is 0.0111. The number of carbonyl (C=O) groups excluding carboxylic acids is 2. The summed E-state index contributed by atoms with van der Waals surface area (Å²) in [7, 11) is 0. The monoisotopic (exact) mass is 417 g/mol. The zero-order valence-corrected chi connectivity index (χ0v) is 17.9. The van der Waals surface area contributed by atoms with E-state index >= 15 is 0 Å². The average Bonchev–Trinajstić information content (AvgIpc) is 2.77. The normalized spacial score (nSPS) is 16.2. The number of hydrogen-bond donors (Lipinski definition) is 1. The smallest absolute Gasteiger partial charge is 0.262 e. The van der Waals surface area contributed by atoms with Crippen molar-refractivity contribution >= 4 is 34.1 Å². The molecule has 1 fully saturated rings. The first-order valence-electron chi connectivity index (χ1n) is 10.7. The summed E-state index contributed by atoms with van der Waals surface area (Å²) in [4.78, 5) is 30.9. The number of nitrogens with one attached hydrogen (secondary N) is 1. The standard InChI is InChI=1S/C25H27N3O3/c1-17-5-4-14-28(15-17)23-13-10-20-6-3-7-22(25(20)27-23)31-16-24(30)26-21-11-8-19(9-12-21)18(2)29/h3,6-13,17H,4-5,14-16H2,1-2H3,(H,26,30)/t17-/m1/s1. The minimum Gasteiger partial charge on any atom is -0.481 e. The molecule has 2 aromatic carbocycles. The molecule has 0 saturated carbocycles. The van der Waals surface area contributed by atoms with Crippen molar-refractivity contribution in [3.05, 3.63) is 60.2 Å². The molecule has 1 aliphatic rings. The highest BCUT2D eigenvalue weighted by molar-refractivity contribution is 5.96. The van der Waals surface area contributed by atoms with Gasteiger partial charge in [0, 0.05) is 29.7 Å². The molecule has 0 unspecified atom stereocenters. The molecule has 1 aromatic heterocycles. The molecule has 1 atom stereocenters. The summed E-state index contributed by atoms with van der Waals surface area (Å²) in [6.07, 6.45) is 2.43. The van der Waals surface area contributed by atoms with E-state index in [4.69, 9.17) is 9.72 Å². The maximum atomic E-state index is 12.4. The van der Waals surface area contributed by atoms with Crippen molar-refractivity contribution in [3.8, 4) is 5.75 Å². The highest BCUT2D eigenvalue weighted by Crippen LogP contribution is 2.28. The maximum absolute atomic E-state index is 12.4. The van der Waals surface area contributed by atoms with Gasteiger partial charge in [0.1, 0.15) is 17.1 Å². The third-order valence-corrected chi connectivity index (χ3v) is 5.58. The Kier molecular flexibility index (Phi) is 6.16. The Balaban J connectivity index is 1.45. The third kappa shape index (κ3) is 5.02. The van der Waals surface area contributed by atoms with Crippen LogP contribution in [-0.2, 0) is 4.79 Å². The minimum atomic E-state index is -0.270. The number of rotatable bonds is 6. The van der Waals surface area contributed by atoms with Crippen LogP contribution in [0, 0.1) is 5.92 Å². The van der Waals surface area contributed by atoms with Crippen molar-refractivity contribution in [1.29, 1.82) is 0 Å². The summed E-state index contributed by atoms with van der Waals surface area (Å²) in [6, 6.07) is 16.6. The van der Waals surface area contributed by atoms with Gasteiger partial charge in [-0.3, -0.25) is 9.59 Å². The molecular weight excluding hydrogens is 390 g/mol. The molecule has 1 aliphatic heterocycles. The number of hydrogen-bond acceptors (Lipinski definition) is 5. The topological polar surface area (TPSA) is 71.5 Å². The SMILES string of the molecule is CC(=O)c1ccc(NC(=O)COc2cccc3ccc(N4CCC[C@@H](C)C4)nc23)cc1. The predicted molar refractivity (Wildman–Crippen MR) is 123 cm³/mol. The molecule has 0 bridgehead atoms. The lowest BCUT2D eigenvalue weighted by molar-refractivity contribution is -0.118. The van der Waals surface area contributed by atoms with E-state index in [9.17, 15) is 9.59 Å². The van der Waals surface area contributed by atoms with E-state index in [0.29, 0.717) is 22.9 Å². The fourth-order valence-electron chi connectivity index (χ4n) is 3.93. The maximum Gasteiger partial charge on any atom is 0.262 e. The van der Waals surface area contributed by atoms with Gasteiger partial charge >= 0.3 is 0 Å². The van der Waals surface area contributed by atoms with Crippen molar-refractivity contribution in [1.82, 2.24) is 4.98 Å².